The molecule has 0 aromatic carbocycles. The van der Waals surface area contributed by atoms with E-state index in [1.807, 2.05) is 0 Å². The molecular weight excluding hydrogens is 212 g/mol. The van der Waals surface area contributed by atoms with Gasteiger partial charge in [0, 0.05) is 13.0 Å². The molecule has 5 heteroatoms. The van der Waals surface area contributed by atoms with Crippen LogP contribution in [0.5, 0.6) is 0 Å². The van der Waals surface area contributed by atoms with Crippen molar-refractivity contribution in [3.8, 4) is 0 Å². The lowest BCUT2D eigenvalue weighted by Gasteiger charge is -2.40. The first kappa shape index (κ1) is 12.0. The maximum Gasteiger partial charge on any atom is 0.148 e. The number of hydrogen-bond acceptors (Lipinski definition) is 5. The van der Waals surface area contributed by atoms with Crippen molar-refractivity contribution in [3.05, 3.63) is 0 Å². The van der Waals surface area contributed by atoms with Gasteiger partial charge in [0.25, 0.3) is 0 Å². The van der Waals surface area contributed by atoms with Crippen LogP contribution in [0.2, 0.25) is 0 Å². The highest BCUT2D eigenvalue weighted by molar-refractivity contribution is 5.57. The van der Waals surface area contributed by atoms with E-state index in [0.717, 1.165) is 19.1 Å². The zero-order chi connectivity index (χ0) is 11.6. The Bertz CT molecular complexity index is 257. The molecule has 2 aliphatic rings. The van der Waals surface area contributed by atoms with Crippen LogP contribution in [0.3, 0.4) is 0 Å². The van der Waals surface area contributed by atoms with E-state index < -0.39 is 11.7 Å². The predicted molar refractivity (Wildman–Crippen MR) is 55.0 cm³/mol. The fourth-order valence-corrected chi connectivity index (χ4v) is 2.67. The molecule has 2 rings (SSSR count). The fraction of sp³-hybridized carbons (Fsp3) is 0.909. The number of aldehydes is 1. The Morgan fingerprint density at radius 2 is 2.19 bits per heavy atom. The summed E-state index contributed by atoms with van der Waals surface area (Å²) < 4.78 is 11.3. The average molecular weight is 230 g/mol. The summed E-state index contributed by atoms with van der Waals surface area (Å²) in [5.41, 5.74) is -0.732. The van der Waals surface area contributed by atoms with Crippen molar-refractivity contribution in [1.29, 1.82) is 0 Å². The highest BCUT2D eigenvalue weighted by Gasteiger charge is 2.52. The number of fused-ring (bicyclic) bond motifs is 1. The van der Waals surface area contributed by atoms with E-state index in [0.29, 0.717) is 12.8 Å². The maximum atomic E-state index is 10.7. The Labute approximate surface area is 94.4 Å². The van der Waals surface area contributed by atoms with Gasteiger partial charge in [-0.2, -0.15) is 0 Å². The van der Waals surface area contributed by atoms with Crippen LogP contribution in [0, 0.1) is 0 Å². The first-order valence-electron chi connectivity index (χ1n) is 5.74. The molecule has 2 heterocycles. The van der Waals surface area contributed by atoms with Crippen molar-refractivity contribution < 1.29 is 24.5 Å². The van der Waals surface area contributed by atoms with E-state index in [2.05, 4.69) is 0 Å². The van der Waals surface area contributed by atoms with Gasteiger partial charge in [-0.25, -0.2) is 0 Å². The third kappa shape index (κ3) is 2.00. The number of hydrogen-bond donors (Lipinski definition) is 2. The number of aliphatic hydroxyl groups is 2. The summed E-state index contributed by atoms with van der Waals surface area (Å²) in [4.78, 5) is 10.7. The van der Waals surface area contributed by atoms with E-state index in [9.17, 15) is 9.90 Å². The number of carbonyl (C=O) groups is 1. The van der Waals surface area contributed by atoms with Crippen LogP contribution in [-0.2, 0) is 14.3 Å². The fourth-order valence-electron chi connectivity index (χ4n) is 2.67. The van der Waals surface area contributed by atoms with Crippen LogP contribution in [0.4, 0.5) is 0 Å². The molecule has 4 unspecified atom stereocenters. The highest BCUT2D eigenvalue weighted by atomic mass is 16.6. The molecule has 5 nitrogen and oxygen atoms in total. The van der Waals surface area contributed by atoms with Crippen LogP contribution < -0.4 is 0 Å². The molecule has 0 aromatic rings. The summed E-state index contributed by atoms with van der Waals surface area (Å²) in [6.45, 7) is -0.0568. The summed E-state index contributed by atoms with van der Waals surface area (Å²) in [6.07, 6.45) is 2.63. The molecule has 2 N–H and O–H groups in total. The van der Waals surface area contributed by atoms with Gasteiger partial charge in [-0.3, -0.25) is 0 Å². The third-order valence-corrected chi connectivity index (χ3v) is 3.50. The first-order chi connectivity index (χ1) is 7.74. The highest BCUT2D eigenvalue weighted by Crippen LogP contribution is 2.41. The molecule has 92 valence electrons. The summed E-state index contributed by atoms with van der Waals surface area (Å²) >= 11 is 0. The lowest BCUT2D eigenvalue weighted by molar-refractivity contribution is -0.185. The largest absolute Gasteiger partial charge is 0.396 e. The van der Waals surface area contributed by atoms with Crippen molar-refractivity contribution in [2.75, 3.05) is 13.2 Å². The topological polar surface area (TPSA) is 76.0 Å². The zero-order valence-electron chi connectivity index (χ0n) is 9.17. The van der Waals surface area contributed by atoms with Gasteiger partial charge >= 0.3 is 0 Å². The Morgan fingerprint density at radius 1 is 1.38 bits per heavy atom. The van der Waals surface area contributed by atoms with Gasteiger partial charge in [-0.05, 0) is 19.3 Å². The quantitative estimate of drug-likeness (QED) is 0.645. The van der Waals surface area contributed by atoms with Gasteiger partial charge < -0.3 is 24.5 Å². The van der Waals surface area contributed by atoms with Gasteiger partial charge in [0.15, 0.2) is 0 Å². The first-order valence-corrected chi connectivity index (χ1v) is 5.74. The Morgan fingerprint density at radius 3 is 2.81 bits per heavy atom. The van der Waals surface area contributed by atoms with Crippen molar-refractivity contribution in [2.24, 2.45) is 0 Å². The van der Waals surface area contributed by atoms with Crippen LogP contribution in [0.25, 0.3) is 0 Å². The number of ether oxygens (including phenoxy) is 2. The van der Waals surface area contributed by atoms with Crippen LogP contribution in [0.1, 0.15) is 25.7 Å². The van der Waals surface area contributed by atoms with Gasteiger partial charge in [-0.15, -0.1) is 0 Å². The molecule has 16 heavy (non-hydrogen) atoms. The number of rotatable bonds is 4. The van der Waals surface area contributed by atoms with Crippen LogP contribution in [0.15, 0.2) is 0 Å². The molecule has 0 aliphatic carbocycles. The van der Waals surface area contributed by atoms with E-state index in [4.69, 9.17) is 14.6 Å². The minimum atomic E-state index is -0.732. The Hall–Kier alpha value is -0.490. The molecule has 2 aliphatic heterocycles. The monoisotopic (exact) mass is 230 g/mol. The average Bonchev–Trinajstić information content (AvgIpc) is 2.68. The molecule has 0 radical (unpaired) electrons. The predicted octanol–water partition coefficient (Wildman–Crippen LogP) is -0.365. The van der Waals surface area contributed by atoms with Crippen LogP contribution in [-0.4, -0.2) is 53.6 Å². The minimum Gasteiger partial charge on any atom is -0.396 e. The molecule has 0 spiro atoms. The normalized spacial score (nSPS) is 43.0. The molecule has 4 atom stereocenters. The third-order valence-electron chi connectivity index (χ3n) is 3.50. The zero-order valence-corrected chi connectivity index (χ0v) is 9.17. The molecule has 2 saturated heterocycles. The van der Waals surface area contributed by atoms with Crippen molar-refractivity contribution in [3.63, 3.8) is 0 Å². The van der Waals surface area contributed by atoms with Crippen molar-refractivity contribution >= 4 is 6.29 Å². The van der Waals surface area contributed by atoms with E-state index in [-0.39, 0.29) is 25.4 Å². The van der Waals surface area contributed by atoms with Gasteiger partial charge in [-0.1, -0.05) is 0 Å². The second kappa shape index (κ2) is 4.79. The standard InChI is InChI=1S/C11H18O5/c12-4-3-8-1-2-10-11(7-14,16-8)5-9(6-13)15-10/h6,8-10,12,14H,1-5,7H2. The lowest BCUT2D eigenvalue weighted by Crippen LogP contribution is -2.51. The number of carbonyl (C=O) groups excluding carboxylic acids is 1. The Balaban J connectivity index is 2.07. The molecule has 0 saturated carbocycles. The summed E-state index contributed by atoms with van der Waals surface area (Å²) in [7, 11) is 0. The van der Waals surface area contributed by atoms with Gasteiger partial charge in [0.2, 0.25) is 0 Å². The SMILES string of the molecule is O=CC1CC2(CO)OC(CCO)CCC2O1. The molecule has 0 bridgehead atoms. The van der Waals surface area contributed by atoms with E-state index in [1.165, 1.54) is 0 Å². The Kier molecular flexibility index (Phi) is 3.59. The van der Waals surface area contributed by atoms with Gasteiger partial charge in [0.1, 0.15) is 18.0 Å². The molecule has 0 aromatic heterocycles. The number of aliphatic hydroxyl groups excluding tert-OH is 2. The van der Waals surface area contributed by atoms with Crippen molar-refractivity contribution in [2.45, 2.75) is 49.6 Å². The molecular formula is C11H18O5. The van der Waals surface area contributed by atoms with E-state index in [1.54, 1.807) is 0 Å². The molecule has 0 amide bonds. The minimum absolute atomic E-state index is 0.0394. The summed E-state index contributed by atoms with van der Waals surface area (Å²) in [5.74, 6) is 0. The second-order valence-electron chi connectivity index (χ2n) is 4.56. The summed E-state index contributed by atoms with van der Waals surface area (Å²) in [5, 5.41) is 18.4. The summed E-state index contributed by atoms with van der Waals surface area (Å²) in [6, 6.07) is 0. The maximum absolute atomic E-state index is 10.7. The van der Waals surface area contributed by atoms with Crippen molar-refractivity contribution in [1.82, 2.24) is 0 Å². The van der Waals surface area contributed by atoms with Crippen LogP contribution >= 0.6 is 0 Å². The lowest BCUT2D eigenvalue weighted by atomic mass is 9.87. The smallest absolute Gasteiger partial charge is 0.148 e. The molecule has 2 fully saturated rings. The van der Waals surface area contributed by atoms with Gasteiger partial charge in [0.05, 0.1) is 18.8 Å². The van der Waals surface area contributed by atoms with E-state index >= 15 is 0 Å². The second-order valence-corrected chi connectivity index (χ2v) is 4.56.